The minimum Gasteiger partial charge on any atom is -0.421 e. The Morgan fingerprint density at radius 3 is 2.64 bits per heavy atom. The van der Waals surface area contributed by atoms with Crippen molar-refractivity contribution in [3.8, 4) is 11.8 Å². The van der Waals surface area contributed by atoms with E-state index in [4.69, 9.17) is 9.72 Å². The molecule has 1 aromatic heterocycles. The molecule has 2 aromatic rings. The molecule has 188 valence electrons. The van der Waals surface area contributed by atoms with E-state index in [-0.39, 0.29) is 17.6 Å². The first-order valence-corrected chi connectivity index (χ1v) is 13.0. The van der Waals surface area contributed by atoms with E-state index in [1.54, 1.807) is 6.07 Å². The number of amidine groups is 1. The summed E-state index contributed by atoms with van der Waals surface area (Å²) in [5.74, 6) is 2.64. The van der Waals surface area contributed by atoms with Crippen molar-refractivity contribution < 1.29 is 9.13 Å². The average Bonchev–Trinajstić information content (AvgIpc) is 3.49. The van der Waals surface area contributed by atoms with Crippen LogP contribution in [0.2, 0.25) is 0 Å². The number of benzene rings is 1. The van der Waals surface area contributed by atoms with Gasteiger partial charge in [-0.25, -0.2) is 4.39 Å². The van der Waals surface area contributed by atoms with Gasteiger partial charge in [-0.15, -0.1) is 0 Å². The zero-order valence-corrected chi connectivity index (χ0v) is 21.2. The lowest BCUT2D eigenvalue weighted by molar-refractivity contribution is 0.209. The largest absolute Gasteiger partial charge is 0.421 e. The molecular weight excluding hydrogens is 455 g/mol. The number of piperazine rings is 1. The fraction of sp³-hybridized carbons (Fsp3) is 0.464. The monoisotopic (exact) mass is 488 g/mol. The highest BCUT2D eigenvalue weighted by molar-refractivity contribution is 6.05. The zero-order valence-electron chi connectivity index (χ0n) is 21.2. The molecule has 1 saturated carbocycles. The number of fused-ring (bicyclic) bond motifs is 1. The quantitative estimate of drug-likeness (QED) is 0.613. The summed E-state index contributed by atoms with van der Waals surface area (Å²) in [7, 11) is 0. The van der Waals surface area contributed by atoms with E-state index in [2.05, 4.69) is 45.0 Å². The summed E-state index contributed by atoms with van der Waals surface area (Å²) in [6.07, 6.45) is 7.31. The normalized spacial score (nSPS) is 19.8. The van der Waals surface area contributed by atoms with E-state index in [1.807, 2.05) is 25.1 Å². The summed E-state index contributed by atoms with van der Waals surface area (Å²) >= 11 is 0. The molecule has 0 atom stereocenters. The van der Waals surface area contributed by atoms with Crippen molar-refractivity contribution in [2.45, 2.75) is 46.1 Å². The Hall–Kier alpha value is -3.26. The molecule has 2 aliphatic heterocycles. The maximum Gasteiger partial charge on any atom is 0.326 e. The maximum atomic E-state index is 15.3. The number of aromatic nitrogens is 2. The number of halogens is 1. The molecule has 1 saturated heterocycles. The Morgan fingerprint density at radius 2 is 1.89 bits per heavy atom. The Bertz CT molecular complexity index is 1270. The molecule has 0 unspecified atom stereocenters. The van der Waals surface area contributed by atoms with Gasteiger partial charge in [-0.2, -0.15) is 9.97 Å². The number of aliphatic imine (C=N–C) groups is 1. The van der Waals surface area contributed by atoms with E-state index in [0.29, 0.717) is 23.3 Å². The first-order chi connectivity index (χ1) is 17.4. The third-order valence-electron chi connectivity index (χ3n) is 7.47. The highest BCUT2D eigenvalue weighted by Gasteiger charge is 2.28. The predicted octanol–water partition coefficient (Wildman–Crippen LogP) is 5.06. The lowest BCUT2D eigenvalue weighted by atomic mass is 10.1. The molecule has 0 bridgehead atoms. The second-order valence-electron chi connectivity index (χ2n) is 10.6. The summed E-state index contributed by atoms with van der Waals surface area (Å²) in [5.41, 5.74) is 4.11. The van der Waals surface area contributed by atoms with Crippen LogP contribution in [0.4, 0.5) is 16.0 Å². The molecule has 36 heavy (non-hydrogen) atoms. The van der Waals surface area contributed by atoms with Crippen LogP contribution < -0.4 is 15.0 Å². The second-order valence-corrected chi connectivity index (χ2v) is 10.6. The fourth-order valence-corrected chi connectivity index (χ4v) is 5.20. The minimum absolute atomic E-state index is 0.129. The summed E-state index contributed by atoms with van der Waals surface area (Å²) in [4.78, 5) is 18.6. The van der Waals surface area contributed by atoms with Crippen LogP contribution in [0.1, 0.15) is 44.7 Å². The van der Waals surface area contributed by atoms with Crippen LogP contribution in [0, 0.1) is 11.7 Å². The minimum atomic E-state index is -0.365. The molecule has 0 radical (unpaired) electrons. The zero-order chi connectivity index (χ0) is 24.8. The number of nitrogens with zero attached hydrogens (tertiary/aromatic N) is 5. The Kier molecular flexibility index (Phi) is 5.99. The lowest BCUT2D eigenvalue weighted by Crippen LogP contribution is -2.49. The smallest absolute Gasteiger partial charge is 0.326 e. The van der Waals surface area contributed by atoms with Gasteiger partial charge in [0.05, 0.1) is 6.54 Å². The van der Waals surface area contributed by atoms with Gasteiger partial charge in [-0.1, -0.05) is 17.7 Å². The summed E-state index contributed by atoms with van der Waals surface area (Å²) in [5, 5.41) is 3.35. The molecule has 8 heteroatoms. The summed E-state index contributed by atoms with van der Waals surface area (Å²) < 4.78 is 21.3. The number of allylic oxidation sites excluding steroid dienone is 1. The summed E-state index contributed by atoms with van der Waals surface area (Å²) in [6, 6.07) is 6.18. The van der Waals surface area contributed by atoms with Gasteiger partial charge in [0.25, 0.3) is 0 Å². The number of nitrogens with one attached hydrogen (secondary N) is 1. The van der Waals surface area contributed by atoms with Crippen molar-refractivity contribution in [3.63, 3.8) is 0 Å². The van der Waals surface area contributed by atoms with E-state index in [0.717, 1.165) is 61.9 Å². The number of rotatable bonds is 6. The van der Waals surface area contributed by atoms with Gasteiger partial charge in [-0.3, -0.25) is 9.89 Å². The molecular formula is C28H33FN6O. The van der Waals surface area contributed by atoms with Crippen LogP contribution in [0.3, 0.4) is 0 Å². The molecule has 1 aromatic carbocycles. The average molecular weight is 489 g/mol. The van der Waals surface area contributed by atoms with Crippen molar-refractivity contribution in [1.82, 2.24) is 14.9 Å². The van der Waals surface area contributed by atoms with E-state index in [9.17, 15) is 0 Å². The van der Waals surface area contributed by atoms with Crippen LogP contribution in [0.5, 0.6) is 11.8 Å². The topological polar surface area (TPSA) is 65.9 Å². The number of anilines is 2. The van der Waals surface area contributed by atoms with Crippen molar-refractivity contribution in [3.05, 3.63) is 52.4 Å². The number of hydrogen-bond acceptors (Lipinski definition) is 7. The van der Waals surface area contributed by atoms with Gasteiger partial charge in [0.1, 0.15) is 17.5 Å². The van der Waals surface area contributed by atoms with Gasteiger partial charge in [0, 0.05) is 43.9 Å². The number of ether oxygens (including phenoxy) is 1. The lowest BCUT2D eigenvalue weighted by Gasteiger charge is -2.37. The van der Waals surface area contributed by atoms with Gasteiger partial charge < -0.3 is 15.0 Å². The third kappa shape index (κ3) is 4.74. The molecule has 4 aliphatic rings. The molecule has 3 heterocycles. The van der Waals surface area contributed by atoms with Gasteiger partial charge in [0.2, 0.25) is 0 Å². The molecule has 2 aliphatic carbocycles. The van der Waals surface area contributed by atoms with Gasteiger partial charge in [-0.05, 0) is 69.2 Å². The number of hydrogen-bond donors (Lipinski definition) is 1. The molecule has 1 N–H and O–H groups in total. The van der Waals surface area contributed by atoms with E-state index >= 15 is 4.39 Å². The third-order valence-corrected chi connectivity index (χ3v) is 7.47. The Morgan fingerprint density at radius 1 is 1.08 bits per heavy atom. The summed E-state index contributed by atoms with van der Waals surface area (Å²) in [6.45, 7) is 10.9. The first kappa shape index (κ1) is 23.2. The van der Waals surface area contributed by atoms with Crippen molar-refractivity contribution >= 4 is 23.5 Å². The van der Waals surface area contributed by atoms with Crippen LogP contribution in [0.25, 0.3) is 6.08 Å². The first-order valence-electron chi connectivity index (χ1n) is 13.0. The highest BCUT2D eigenvalue weighted by atomic mass is 19.1. The maximum absolute atomic E-state index is 15.3. The molecule has 2 fully saturated rings. The molecule has 6 rings (SSSR count). The SMILES string of the molecule is CC1=Cc2c(ccc(Oc3nc(NC4=NCC(C5CC5)=C4)cc(N4CCN(C(C)C)CC4)n3)c2F)C1. The van der Waals surface area contributed by atoms with E-state index in [1.165, 1.54) is 18.4 Å². The standard InChI is InChI=1S/C28H33FN6O/c1-17(2)34-8-10-35(11-9-34)26-15-25(31-24-14-21(16-30-24)19-4-5-19)32-28(33-26)36-23-7-6-20-12-18(3)13-22(20)27(23)29/h6-7,13-15,17,19H,4-5,8-12,16H2,1-3H3,(H,30,31,32,33). The van der Waals surface area contributed by atoms with Crippen molar-refractivity contribution in [2.75, 3.05) is 42.9 Å². The van der Waals surface area contributed by atoms with Gasteiger partial charge >= 0.3 is 6.01 Å². The molecule has 0 amide bonds. The highest BCUT2D eigenvalue weighted by Crippen LogP contribution is 2.38. The van der Waals surface area contributed by atoms with Crippen LogP contribution in [-0.4, -0.2) is 59.5 Å². The second kappa shape index (κ2) is 9.32. The molecule has 7 nitrogen and oxygen atoms in total. The van der Waals surface area contributed by atoms with Crippen molar-refractivity contribution in [1.29, 1.82) is 0 Å². The predicted molar refractivity (Wildman–Crippen MR) is 142 cm³/mol. The fourth-order valence-electron chi connectivity index (χ4n) is 5.20. The van der Waals surface area contributed by atoms with E-state index < -0.39 is 0 Å². The van der Waals surface area contributed by atoms with Crippen LogP contribution in [0.15, 0.2) is 40.4 Å². The van der Waals surface area contributed by atoms with Crippen LogP contribution in [-0.2, 0) is 6.42 Å². The van der Waals surface area contributed by atoms with Crippen molar-refractivity contribution in [2.24, 2.45) is 10.9 Å². The van der Waals surface area contributed by atoms with Crippen LogP contribution >= 0.6 is 0 Å². The Balaban J connectivity index is 1.28. The van der Waals surface area contributed by atoms with Gasteiger partial charge in [0.15, 0.2) is 11.6 Å². The Labute approximate surface area is 211 Å². The molecule has 0 spiro atoms.